The Morgan fingerprint density at radius 1 is 1.00 bits per heavy atom. The Balaban J connectivity index is 1.58. The first-order valence-electron chi connectivity index (χ1n) is 9.94. The Labute approximate surface area is 187 Å². The summed E-state index contributed by atoms with van der Waals surface area (Å²) in [6.45, 7) is 0. The van der Waals surface area contributed by atoms with Crippen LogP contribution in [0, 0.1) is 26.1 Å². The number of carbonyl (C=O) groups excluding carboxylic acids is 1. The van der Waals surface area contributed by atoms with Crippen molar-refractivity contribution in [2.75, 3.05) is 0 Å². The molecule has 1 atom stereocenters. The molecule has 0 radical (unpaired) electrons. The zero-order valence-electron chi connectivity index (χ0n) is 17.1. The number of nitro benzene ring substituents is 2. The van der Waals surface area contributed by atoms with Crippen LogP contribution in [0.25, 0.3) is 0 Å². The Hall–Kier alpha value is -4.60. The molecule has 1 saturated carbocycles. The van der Waals surface area contributed by atoms with Gasteiger partial charge in [-0.3, -0.25) is 25.0 Å². The van der Waals surface area contributed by atoms with Gasteiger partial charge < -0.3 is 5.11 Å². The predicted molar refractivity (Wildman–Crippen MR) is 119 cm³/mol. The van der Waals surface area contributed by atoms with E-state index < -0.39 is 38.3 Å². The average Bonchev–Trinajstić information content (AvgIpc) is 3.58. The number of aromatic hydroxyl groups is 1. The van der Waals surface area contributed by atoms with Crippen molar-refractivity contribution >= 4 is 23.5 Å². The van der Waals surface area contributed by atoms with E-state index in [-0.39, 0.29) is 11.5 Å². The molecule has 10 nitrogen and oxygen atoms in total. The summed E-state index contributed by atoms with van der Waals surface area (Å²) in [7, 11) is 0. The first-order valence-corrected chi connectivity index (χ1v) is 9.94. The second kappa shape index (κ2) is 8.50. The van der Waals surface area contributed by atoms with Gasteiger partial charge >= 0.3 is 5.69 Å². The maximum Gasteiger partial charge on any atom is 0.318 e. The van der Waals surface area contributed by atoms with Gasteiger partial charge in [0.05, 0.1) is 33.6 Å². The van der Waals surface area contributed by atoms with Gasteiger partial charge in [0.25, 0.3) is 5.69 Å². The molecule has 1 aliphatic rings. The smallest absolute Gasteiger partial charge is 0.318 e. The highest BCUT2D eigenvalue weighted by Gasteiger charge is 2.60. The van der Waals surface area contributed by atoms with Gasteiger partial charge in [0.15, 0.2) is 0 Å². The molecule has 4 rings (SSSR count). The fourth-order valence-electron chi connectivity index (χ4n) is 4.07. The molecule has 0 spiro atoms. The number of nitrogens with one attached hydrogen (secondary N) is 1. The number of carbonyl (C=O) groups is 1. The predicted octanol–water partition coefficient (Wildman–Crippen LogP) is 3.66. The summed E-state index contributed by atoms with van der Waals surface area (Å²) >= 11 is 0. The van der Waals surface area contributed by atoms with Crippen LogP contribution in [0.3, 0.4) is 0 Å². The fraction of sp³-hybridized carbons (Fsp3) is 0.130. The van der Waals surface area contributed by atoms with Crippen molar-refractivity contribution in [3.05, 3.63) is 110 Å². The lowest BCUT2D eigenvalue weighted by Gasteiger charge is -2.18. The van der Waals surface area contributed by atoms with Crippen molar-refractivity contribution in [2.45, 2.75) is 11.8 Å². The molecule has 3 aromatic rings. The van der Waals surface area contributed by atoms with E-state index in [9.17, 15) is 30.1 Å². The number of non-ortho nitro benzene ring substituents is 1. The van der Waals surface area contributed by atoms with E-state index in [4.69, 9.17) is 0 Å². The van der Waals surface area contributed by atoms with Gasteiger partial charge in [-0.1, -0.05) is 60.7 Å². The number of hydrazone groups is 1. The highest BCUT2D eigenvalue weighted by Crippen LogP contribution is 2.58. The largest absolute Gasteiger partial charge is 0.502 e. The second-order valence-corrected chi connectivity index (χ2v) is 7.61. The standard InChI is InChI=1S/C23H18N4O6/c28-21-15(11-18(26(30)31)12-20(21)27(32)33)14-24-25-22(29)19-13-23(19,16-7-3-1-4-8-16)17-9-5-2-6-10-17/h1-12,14,19,28H,13H2,(H,25,29)/b24-14+. The first-order chi connectivity index (χ1) is 15.8. The summed E-state index contributed by atoms with van der Waals surface area (Å²) in [5.41, 5.74) is 2.20. The first kappa shape index (κ1) is 21.6. The summed E-state index contributed by atoms with van der Waals surface area (Å²) in [5, 5.41) is 36.0. The van der Waals surface area contributed by atoms with Crippen LogP contribution in [0.4, 0.5) is 11.4 Å². The maximum atomic E-state index is 12.9. The van der Waals surface area contributed by atoms with Gasteiger partial charge in [-0.15, -0.1) is 0 Å². The molecule has 166 valence electrons. The van der Waals surface area contributed by atoms with Gasteiger partial charge in [-0.2, -0.15) is 5.10 Å². The van der Waals surface area contributed by atoms with Gasteiger partial charge in [0.1, 0.15) is 0 Å². The van der Waals surface area contributed by atoms with Crippen LogP contribution in [-0.2, 0) is 10.2 Å². The second-order valence-electron chi connectivity index (χ2n) is 7.61. The summed E-state index contributed by atoms with van der Waals surface area (Å²) < 4.78 is 0. The molecule has 0 aromatic heterocycles. The maximum absolute atomic E-state index is 12.9. The molecule has 33 heavy (non-hydrogen) atoms. The van der Waals surface area contributed by atoms with Gasteiger partial charge in [0, 0.05) is 11.5 Å². The van der Waals surface area contributed by atoms with E-state index in [0.717, 1.165) is 23.4 Å². The average molecular weight is 446 g/mol. The lowest BCUT2D eigenvalue weighted by atomic mass is 9.85. The number of amides is 1. The molecule has 0 heterocycles. The van der Waals surface area contributed by atoms with E-state index in [2.05, 4.69) is 10.5 Å². The number of nitrogens with zero attached hydrogens (tertiary/aromatic N) is 3. The van der Waals surface area contributed by atoms with Crippen LogP contribution in [0.2, 0.25) is 0 Å². The molecule has 0 aliphatic heterocycles. The Morgan fingerprint density at radius 3 is 2.09 bits per heavy atom. The molecular weight excluding hydrogens is 428 g/mol. The highest BCUT2D eigenvalue weighted by atomic mass is 16.6. The number of rotatable bonds is 7. The molecule has 0 bridgehead atoms. The normalized spacial score (nSPS) is 16.3. The van der Waals surface area contributed by atoms with Crippen LogP contribution in [0.5, 0.6) is 5.75 Å². The number of hydrogen-bond acceptors (Lipinski definition) is 7. The fourth-order valence-corrected chi connectivity index (χ4v) is 4.07. The molecular formula is C23H18N4O6. The number of benzene rings is 3. The summed E-state index contributed by atoms with van der Waals surface area (Å²) in [6, 6.07) is 20.9. The lowest BCUT2D eigenvalue weighted by molar-refractivity contribution is -0.394. The van der Waals surface area contributed by atoms with Gasteiger partial charge in [0.2, 0.25) is 11.7 Å². The van der Waals surface area contributed by atoms with Crippen molar-refractivity contribution in [1.82, 2.24) is 5.43 Å². The minimum Gasteiger partial charge on any atom is -0.502 e. The van der Waals surface area contributed by atoms with Crippen molar-refractivity contribution in [3.63, 3.8) is 0 Å². The minimum absolute atomic E-state index is 0.260. The zero-order chi connectivity index (χ0) is 23.6. The number of phenols is 1. The number of phenolic OH excluding ortho intramolecular Hbond substituents is 1. The SMILES string of the molecule is O=C(N/N=C/c1cc([N+](=O)[O-])cc([N+](=O)[O-])c1O)C1CC1(c1ccccc1)c1ccccc1. The zero-order valence-corrected chi connectivity index (χ0v) is 17.1. The number of nitro groups is 2. The van der Waals surface area contributed by atoms with E-state index in [1.807, 2.05) is 60.7 Å². The lowest BCUT2D eigenvalue weighted by Crippen LogP contribution is -2.25. The third kappa shape index (κ3) is 4.01. The Bertz CT molecular complexity index is 1220. The van der Waals surface area contributed by atoms with E-state index in [0.29, 0.717) is 12.5 Å². The van der Waals surface area contributed by atoms with Crippen LogP contribution in [-0.4, -0.2) is 27.1 Å². The Kier molecular flexibility index (Phi) is 5.57. The van der Waals surface area contributed by atoms with E-state index in [1.165, 1.54) is 0 Å². The van der Waals surface area contributed by atoms with Crippen LogP contribution in [0.15, 0.2) is 77.9 Å². The topological polar surface area (TPSA) is 148 Å². The quantitative estimate of drug-likeness (QED) is 0.321. The molecule has 1 aliphatic carbocycles. The summed E-state index contributed by atoms with van der Waals surface area (Å²) in [6.07, 6.45) is 1.51. The molecule has 3 aromatic carbocycles. The highest BCUT2D eigenvalue weighted by molar-refractivity contribution is 5.90. The minimum atomic E-state index is -0.934. The summed E-state index contributed by atoms with van der Waals surface area (Å²) in [5.74, 6) is -1.57. The molecule has 2 N–H and O–H groups in total. The number of hydrogen-bond donors (Lipinski definition) is 2. The summed E-state index contributed by atoms with van der Waals surface area (Å²) in [4.78, 5) is 33.3. The third-order valence-electron chi connectivity index (χ3n) is 5.75. The van der Waals surface area contributed by atoms with Crippen LogP contribution < -0.4 is 5.43 Å². The third-order valence-corrected chi connectivity index (χ3v) is 5.75. The van der Waals surface area contributed by atoms with Crippen molar-refractivity contribution in [3.8, 4) is 5.75 Å². The van der Waals surface area contributed by atoms with E-state index in [1.54, 1.807) is 0 Å². The molecule has 10 heteroatoms. The molecule has 1 fully saturated rings. The molecule has 1 amide bonds. The van der Waals surface area contributed by atoms with Crippen LogP contribution >= 0.6 is 0 Å². The van der Waals surface area contributed by atoms with Crippen molar-refractivity contribution < 1.29 is 19.7 Å². The van der Waals surface area contributed by atoms with Gasteiger partial charge in [-0.25, -0.2) is 5.43 Å². The monoisotopic (exact) mass is 446 g/mol. The van der Waals surface area contributed by atoms with Gasteiger partial charge in [-0.05, 0) is 17.5 Å². The van der Waals surface area contributed by atoms with Crippen molar-refractivity contribution in [1.29, 1.82) is 0 Å². The van der Waals surface area contributed by atoms with Crippen LogP contribution in [0.1, 0.15) is 23.1 Å². The van der Waals surface area contributed by atoms with Crippen molar-refractivity contribution in [2.24, 2.45) is 11.0 Å². The van der Waals surface area contributed by atoms with E-state index >= 15 is 0 Å². The Morgan fingerprint density at radius 2 is 1.58 bits per heavy atom. The molecule has 1 unspecified atom stereocenters. The molecule has 0 saturated heterocycles.